The summed E-state index contributed by atoms with van der Waals surface area (Å²) in [5, 5.41) is 0. The van der Waals surface area contributed by atoms with Crippen molar-refractivity contribution in [2.45, 2.75) is 103 Å². The number of ether oxygens (including phenoxy) is 3. The number of hydrogen-bond acceptors (Lipinski definition) is 3. The van der Waals surface area contributed by atoms with Gasteiger partial charge in [-0.15, -0.1) is 0 Å². The third kappa shape index (κ3) is 8.53. The lowest BCUT2D eigenvalue weighted by Crippen LogP contribution is -2.40. The molecule has 0 atom stereocenters. The molecule has 0 bridgehead atoms. The Labute approximate surface area is 260 Å². The van der Waals surface area contributed by atoms with Gasteiger partial charge in [0.2, 0.25) is 0 Å². The van der Waals surface area contributed by atoms with E-state index < -0.39 is 35.4 Å². The average molecular weight is 645 g/mol. The van der Waals surface area contributed by atoms with Crippen molar-refractivity contribution >= 4 is 0 Å². The first-order valence-electron chi connectivity index (χ1n) is 16.4. The van der Waals surface area contributed by atoms with E-state index in [-0.39, 0.29) is 23.2 Å². The van der Waals surface area contributed by atoms with Crippen LogP contribution in [0.4, 0.5) is 30.7 Å². The van der Waals surface area contributed by atoms with Crippen LogP contribution in [0.15, 0.2) is 36.4 Å². The summed E-state index contributed by atoms with van der Waals surface area (Å²) >= 11 is 0. The molecule has 3 nitrogen and oxygen atoms in total. The highest BCUT2D eigenvalue weighted by atomic mass is 19.4. The second-order valence-corrected chi connectivity index (χ2v) is 13.2. The van der Waals surface area contributed by atoms with Gasteiger partial charge in [-0.1, -0.05) is 38.3 Å². The minimum atomic E-state index is -5.17. The molecule has 1 aliphatic heterocycles. The molecule has 0 spiro atoms. The van der Waals surface area contributed by atoms with Crippen LogP contribution in [0.2, 0.25) is 0 Å². The van der Waals surface area contributed by atoms with Gasteiger partial charge in [0.25, 0.3) is 0 Å². The van der Waals surface area contributed by atoms with Crippen molar-refractivity contribution in [3.63, 3.8) is 0 Å². The average Bonchev–Trinajstić information content (AvgIpc) is 3.01. The SMILES string of the molecule is CCCCCC1COC(C2CCC(C3CCC(C(F)(F)Oc4ccc(-c5cc(F)c(C(F)(F)F)c(F)c5)cc4)CC3)CC2)OC1. The van der Waals surface area contributed by atoms with Crippen LogP contribution in [-0.4, -0.2) is 25.6 Å². The number of halogens is 7. The van der Waals surface area contributed by atoms with Gasteiger partial charge in [-0.2, -0.15) is 22.0 Å². The minimum Gasteiger partial charge on any atom is -0.432 e. The fourth-order valence-corrected chi connectivity index (χ4v) is 7.46. The lowest BCUT2D eigenvalue weighted by molar-refractivity contribution is -0.232. The third-order valence-electron chi connectivity index (χ3n) is 10.1. The molecule has 0 radical (unpaired) electrons. The molecule has 2 saturated carbocycles. The Morgan fingerprint density at radius 1 is 0.711 bits per heavy atom. The Hall–Kier alpha value is -2.33. The van der Waals surface area contributed by atoms with E-state index in [0.29, 0.717) is 48.6 Å². The van der Waals surface area contributed by atoms with Gasteiger partial charge < -0.3 is 14.2 Å². The molecule has 0 amide bonds. The largest absolute Gasteiger partial charge is 0.432 e. The monoisotopic (exact) mass is 644 g/mol. The van der Waals surface area contributed by atoms with E-state index in [4.69, 9.17) is 14.2 Å². The van der Waals surface area contributed by atoms with Gasteiger partial charge in [-0.3, -0.25) is 0 Å². The van der Waals surface area contributed by atoms with Crippen molar-refractivity contribution in [3.8, 4) is 16.9 Å². The van der Waals surface area contributed by atoms with Crippen LogP contribution in [0.25, 0.3) is 11.1 Å². The van der Waals surface area contributed by atoms with E-state index in [2.05, 4.69) is 6.92 Å². The first-order valence-corrected chi connectivity index (χ1v) is 16.4. The summed E-state index contributed by atoms with van der Waals surface area (Å²) in [5.74, 6) is -2.72. The predicted molar refractivity (Wildman–Crippen MR) is 157 cm³/mol. The first-order chi connectivity index (χ1) is 21.4. The third-order valence-corrected chi connectivity index (χ3v) is 10.1. The topological polar surface area (TPSA) is 27.7 Å². The van der Waals surface area contributed by atoms with Crippen molar-refractivity contribution in [3.05, 3.63) is 53.6 Å². The van der Waals surface area contributed by atoms with Crippen molar-refractivity contribution < 1.29 is 44.9 Å². The summed E-state index contributed by atoms with van der Waals surface area (Å²) in [4.78, 5) is 0. The smallest absolute Gasteiger partial charge is 0.422 e. The van der Waals surface area contributed by atoms with E-state index in [1.165, 1.54) is 43.5 Å². The van der Waals surface area contributed by atoms with Crippen LogP contribution in [0.5, 0.6) is 5.75 Å². The molecule has 3 aliphatic rings. The summed E-state index contributed by atoms with van der Waals surface area (Å²) in [6.07, 6.45) is 2.49. The van der Waals surface area contributed by atoms with E-state index in [9.17, 15) is 22.0 Å². The summed E-state index contributed by atoms with van der Waals surface area (Å²) < 4.78 is 114. The number of alkyl halides is 5. The molecular formula is C35H43F7O3. The highest BCUT2D eigenvalue weighted by Crippen LogP contribution is 2.46. The lowest BCUT2D eigenvalue weighted by atomic mass is 9.69. The van der Waals surface area contributed by atoms with Crippen LogP contribution in [0.3, 0.4) is 0 Å². The Morgan fingerprint density at radius 2 is 1.24 bits per heavy atom. The molecule has 0 unspecified atom stereocenters. The maximum Gasteiger partial charge on any atom is 0.422 e. The molecule has 3 fully saturated rings. The maximum absolute atomic E-state index is 15.2. The van der Waals surface area contributed by atoms with Crippen LogP contribution in [-0.2, 0) is 15.7 Å². The Kier molecular flexibility index (Phi) is 11.0. The molecule has 1 heterocycles. The fourth-order valence-electron chi connectivity index (χ4n) is 7.46. The molecular weight excluding hydrogens is 601 g/mol. The van der Waals surface area contributed by atoms with Gasteiger partial charge >= 0.3 is 12.3 Å². The molecule has 250 valence electrons. The quantitative estimate of drug-likeness (QED) is 0.190. The van der Waals surface area contributed by atoms with E-state index in [1.54, 1.807) is 0 Å². The number of benzene rings is 2. The lowest BCUT2D eigenvalue weighted by Gasteiger charge is -2.41. The molecule has 45 heavy (non-hydrogen) atoms. The Bertz CT molecular complexity index is 1200. The Morgan fingerprint density at radius 3 is 1.78 bits per heavy atom. The van der Waals surface area contributed by atoms with Crippen LogP contribution < -0.4 is 4.74 Å². The van der Waals surface area contributed by atoms with Crippen molar-refractivity contribution in [1.29, 1.82) is 0 Å². The van der Waals surface area contributed by atoms with Crippen molar-refractivity contribution in [2.75, 3.05) is 13.2 Å². The Balaban J connectivity index is 1.07. The summed E-state index contributed by atoms with van der Waals surface area (Å²) in [5.41, 5.74) is -1.95. The standard InChI is InChI=1S/C35H43F7O3/c1-2-3-4-5-22-20-43-33(44-21-22)26-8-6-23(7-9-26)24-10-14-28(15-11-24)35(41,42)45-29-16-12-25(13-17-29)27-18-30(36)32(31(37)19-27)34(38,39)40/h12-13,16-19,22-24,26,28,33H,2-11,14-15,20-21H2,1H3. The van der Waals surface area contributed by atoms with Gasteiger partial charge in [0.1, 0.15) is 22.9 Å². The van der Waals surface area contributed by atoms with Gasteiger partial charge in [0, 0.05) is 11.8 Å². The molecule has 5 rings (SSSR count). The minimum absolute atomic E-state index is 0.119. The molecule has 0 aromatic heterocycles. The van der Waals surface area contributed by atoms with Gasteiger partial charge in [-0.25, -0.2) is 8.78 Å². The van der Waals surface area contributed by atoms with Crippen LogP contribution in [0.1, 0.15) is 89.5 Å². The highest BCUT2D eigenvalue weighted by molar-refractivity contribution is 5.65. The van der Waals surface area contributed by atoms with E-state index >= 15 is 8.78 Å². The van der Waals surface area contributed by atoms with Crippen LogP contribution in [0, 0.1) is 41.2 Å². The number of rotatable bonds is 10. The maximum atomic E-state index is 15.2. The van der Waals surface area contributed by atoms with Gasteiger partial charge in [0.15, 0.2) is 6.29 Å². The molecule has 2 aromatic carbocycles. The normalized spacial score (nSPS) is 28.2. The zero-order chi connectivity index (χ0) is 32.2. The molecule has 2 aliphatic carbocycles. The predicted octanol–water partition coefficient (Wildman–Crippen LogP) is 10.8. The van der Waals surface area contributed by atoms with Crippen molar-refractivity contribution in [1.82, 2.24) is 0 Å². The molecule has 10 heteroatoms. The number of unbranched alkanes of at least 4 members (excludes halogenated alkanes) is 2. The van der Waals surface area contributed by atoms with E-state index in [1.807, 2.05) is 0 Å². The second kappa shape index (κ2) is 14.6. The van der Waals surface area contributed by atoms with E-state index in [0.717, 1.165) is 58.2 Å². The number of hydrogen-bond donors (Lipinski definition) is 0. The van der Waals surface area contributed by atoms with Gasteiger partial charge in [0.05, 0.1) is 19.1 Å². The molecule has 2 aromatic rings. The van der Waals surface area contributed by atoms with Crippen molar-refractivity contribution in [2.24, 2.45) is 29.6 Å². The first kappa shape index (κ1) is 34.0. The zero-order valence-electron chi connectivity index (χ0n) is 25.7. The van der Waals surface area contributed by atoms with Gasteiger partial charge in [-0.05, 0) is 105 Å². The zero-order valence-corrected chi connectivity index (χ0v) is 25.7. The molecule has 1 saturated heterocycles. The highest BCUT2D eigenvalue weighted by Gasteiger charge is 2.45. The summed E-state index contributed by atoms with van der Waals surface area (Å²) in [6.45, 7) is 3.75. The molecule has 0 N–H and O–H groups in total. The fraction of sp³-hybridized carbons (Fsp3) is 0.657. The van der Waals surface area contributed by atoms with Crippen LogP contribution >= 0.6 is 0 Å². The second-order valence-electron chi connectivity index (χ2n) is 13.2. The summed E-state index contributed by atoms with van der Waals surface area (Å²) in [7, 11) is 0. The summed E-state index contributed by atoms with van der Waals surface area (Å²) in [6, 6.07) is 6.18.